The molecule has 1 amide bonds. The minimum absolute atomic E-state index is 0.225. The second-order valence-corrected chi connectivity index (χ2v) is 10.4. The number of fused-ring (bicyclic) bond motifs is 2. The molecular weight excluding hydrogens is 468 g/mol. The van der Waals surface area contributed by atoms with Crippen LogP contribution in [0.15, 0.2) is 56.5 Å². The van der Waals surface area contributed by atoms with Crippen LogP contribution in [-0.2, 0) is 16.4 Å². The quantitative estimate of drug-likeness (QED) is 0.390. The second kappa shape index (κ2) is 8.94. The summed E-state index contributed by atoms with van der Waals surface area (Å²) in [6.07, 6.45) is 2.95. The molecule has 1 aliphatic heterocycles. The molecule has 1 aromatic carbocycles. The number of benzene rings is 1. The molecule has 0 spiro atoms. The highest BCUT2D eigenvalue weighted by atomic mass is 32.2. The Kier molecular flexibility index (Phi) is 5.94. The Labute approximate surface area is 203 Å². The van der Waals surface area contributed by atoms with Gasteiger partial charge in [0.2, 0.25) is 10.0 Å². The SMILES string of the molecule is CCN(CC)S(=O)(=O)c1ccc2c(c1)CCCN2C(=O)c1cc(-c2ccco2)nc2onc(C)c12. The van der Waals surface area contributed by atoms with E-state index < -0.39 is 10.0 Å². The summed E-state index contributed by atoms with van der Waals surface area (Å²) in [4.78, 5) is 20.3. The molecule has 0 N–H and O–H groups in total. The normalized spacial score (nSPS) is 14.0. The van der Waals surface area contributed by atoms with Gasteiger partial charge in [-0.1, -0.05) is 19.0 Å². The first kappa shape index (κ1) is 23.3. The summed E-state index contributed by atoms with van der Waals surface area (Å²) in [5.74, 6) is 0.289. The highest BCUT2D eigenvalue weighted by Gasteiger charge is 2.30. The molecular formula is C25H26N4O5S. The van der Waals surface area contributed by atoms with Crippen LogP contribution in [0, 0.1) is 6.92 Å². The second-order valence-electron chi connectivity index (χ2n) is 8.42. The molecule has 9 nitrogen and oxygen atoms in total. The van der Waals surface area contributed by atoms with E-state index in [-0.39, 0.29) is 16.5 Å². The largest absolute Gasteiger partial charge is 0.463 e. The zero-order valence-corrected chi connectivity index (χ0v) is 20.6. The van der Waals surface area contributed by atoms with Gasteiger partial charge >= 0.3 is 0 Å². The van der Waals surface area contributed by atoms with Crippen molar-refractivity contribution in [2.24, 2.45) is 0 Å². The van der Waals surface area contributed by atoms with E-state index in [2.05, 4.69) is 10.1 Å². The number of furan rings is 1. The number of pyridine rings is 1. The molecule has 0 atom stereocenters. The third-order valence-electron chi connectivity index (χ3n) is 6.38. The van der Waals surface area contributed by atoms with Gasteiger partial charge in [0, 0.05) is 25.3 Å². The minimum Gasteiger partial charge on any atom is -0.463 e. The van der Waals surface area contributed by atoms with Crippen LogP contribution in [0.5, 0.6) is 0 Å². The van der Waals surface area contributed by atoms with Crippen molar-refractivity contribution in [3.63, 3.8) is 0 Å². The van der Waals surface area contributed by atoms with Gasteiger partial charge in [0.15, 0.2) is 5.76 Å². The summed E-state index contributed by atoms with van der Waals surface area (Å²) in [5.41, 5.74) is 3.25. The average Bonchev–Trinajstić information content (AvgIpc) is 3.53. The van der Waals surface area contributed by atoms with Crippen molar-refractivity contribution < 1.29 is 22.2 Å². The van der Waals surface area contributed by atoms with E-state index in [9.17, 15) is 13.2 Å². The van der Waals surface area contributed by atoms with Crippen LogP contribution in [0.3, 0.4) is 0 Å². The third-order valence-corrected chi connectivity index (χ3v) is 8.42. The molecule has 35 heavy (non-hydrogen) atoms. The maximum atomic E-state index is 13.9. The van der Waals surface area contributed by atoms with Crippen molar-refractivity contribution in [3.05, 3.63) is 59.5 Å². The van der Waals surface area contributed by atoms with Crippen molar-refractivity contribution in [1.82, 2.24) is 14.4 Å². The van der Waals surface area contributed by atoms with E-state index in [0.717, 1.165) is 12.0 Å². The highest BCUT2D eigenvalue weighted by molar-refractivity contribution is 7.89. The number of carbonyl (C=O) groups is 1. The van der Waals surface area contributed by atoms with Gasteiger partial charge in [0.05, 0.1) is 27.8 Å². The first-order valence-corrected chi connectivity index (χ1v) is 13.0. The lowest BCUT2D eigenvalue weighted by Crippen LogP contribution is -2.36. The third kappa shape index (κ3) is 3.92. The van der Waals surface area contributed by atoms with Gasteiger partial charge in [0.1, 0.15) is 5.69 Å². The van der Waals surface area contributed by atoms with Crippen molar-refractivity contribution in [1.29, 1.82) is 0 Å². The number of nitrogens with zero attached hydrogens (tertiary/aromatic N) is 4. The molecule has 0 bridgehead atoms. The molecule has 0 unspecified atom stereocenters. The number of sulfonamides is 1. The van der Waals surface area contributed by atoms with Crippen LogP contribution in [0.1, 0.15) is 41.9 Å². The summed E-state index contributed by atoms with van der Waals surface area (Å²) in [5, 5.41) is 4.57. The van der Waals surface area contributed by atoms with Gasteiger partial charge in [0.25, 0.3) is 11.6 Å². The molecule has 0 aliphatic carbocycles. The van der Waals surface area contributed by atoms with E-state index in [1.807, 2.05) is 13.8 Å². The molecule has 0 saturated carbocycles. The molecule has 4 aromatic rings. The molecule has 0 radical (unpaired) electrons. The van der Waals surface area contributed by atoms with E-state index >= 15 is 0 Å². The molecule has 1 aliphatic rings. The number of carbonyl (C=O) groups excluding carboxylic acids is 1. The first-order chi connectivity index (χ1) is 16.8. The lowest BCUT2D eigenvalue weighted by molar-refractivity contribution is 0.0986. The zero-order valence-electron chi connectivity index (χ0n) is 19.8. The molecule has 0 saturated heterocycles. The minimum atomic E-state index is -3.59. The fraction of sp³-hybridized carbons (Fsp3) is 0.320. The number of hydrogen-bond donors (Lipinski definition) is 0. The molecule has 10 heteroatoms. The van der Waals surface area contributed by atoms with Gasteiger partial charge in [-0.25, -0.2) is 13.4 Å². The van der Waals surface area contributed by atoms with Gasteiger partial charge in [-0.2, -0.15) is 4.31 Å². The van der Waals surface area contributed by atoms with Crippen LogP contribution in [0.4, 0.5) is 5.69 Å². The maximum absolute atomic E-state index is 13.9. The van der Waals surface area contributed by atoms with E-state index in [0.29, 0.717) is 59.8 Å². The number of hydrogen-bond acceptors (Lipinski definition) is 7. The Balaban J connectivity index is 1.58. The Morgan fingerprint density at radius 3 is 2.69 bits per heavy atom. The first-order valence-electron chi connectivity index (χ1n) is 11.6. The van der Waals surface area contributed by atoms with Crippen molar-refractivity contribution in [2.75, 3.05) is 24.5 Å². The van der Waals surface area contributed by atoms with E-state index in [4.69, 9.17) is 8.94 Å². The van der Waals surface area contributed by atoms with Gasteiger partial charge in [-0.3, -0.25) is 4.79 Å². The predicted octanol–water partition coefficient (Wildman–Crippen LogP) is 4.41. The smallest absolute Gasteiger partial charge is 0.259 e. The number of anilines is 1. The van der Waals surface area contributed by atoms with Crippen molar-refractivity contribution >= 4 is 32.7 Å². The van der Waals surface area contributed by atoms with E-state index in [1.165, 1.54) is 4.31 Å². The molecule has 4 heterocycles. The predicted molar refractivity (Wildman–Crippen MR) is 131 cm³/mol. The molecule has 0 fully saturated rings. The van der Waals surface area contributed by atoms with Gasteiger partial charge in [-0.15, -0.1) is 0 Å². The summed E-state index contributed by atoms with van der Waals surface area (Å²) in [6.45, 7) is 6.71. The van der Waals surface area contributed by atoms with Crippen LogP contribution in [-0.4, -0.2) is 48.4 Å². The Morgan fingerprint density at radius 2 is 1.97 bits per heavy atom. The van der Waals surface area contributed by atoms with E-state index in [1.54, 1.807) is 54.5 Å². The Bertz CT molecular complexity index is 1500. The van der Waals surface area contributed by atoms with Crippen molar-refractivity contribution in [2.45, 2.75) is 38.5 Å². The monoisotopic (exact) mass is 494 g/mol. The maximum Gasteiger partial charge on any atom is 0.259 e. The summed E-state index contributed by atoms with van der Waals surface area (Å²) in [7, 11) is -3.59. The van der Waals surface area contributed by atoms with Crippen LogP contribution in [0.2, 0.25) is 0 Å². The fourth-order valence-corrected chi connectivity index (χ4v) is 6.13. The standard InChI is InChI=1S/C25H26N4O5S/c1-4-28(5-2)35(31,32)18-10-11-21-17(14-18)8-6-12-29(21)25(30)19-15-20(22-9-7-13-33-22)26-24-23(19)16(3)27-34-24/h7,9-11,13-15H,4-6,8,12H2,1-3H3. The van der Waals surface area contributed by atoms with Crippen LogP contribution >= 0.6 is 0 Å². The number of aryl methyl sites for hydroxylation is 2. The van der Waals surface area contributed by atoms with Crippen LogP contribution < -0.4 is 4.90 Å². The molecule has 182 valence electrons. The summed E-state index contributed by atoms with van der Waals surface area (Å²) < 4.78 is 38.4. The van der Waals surface area contributed by atoms with Gasteiger partial charge in [-0.05, 0) is 61.7 Å². The van der Waals surface area contributed by atoms with Gasteiger partial charge < -0.3 is 13.8 Å². The lowest BCUT2D eigenvalue weighted by Gasteiger charge is -2.30. The lowest BCUT2D eigenvalue weighted by atomic mass is 10.00. The number of rotatable bonds is 6. The highest BCUT2D eigenvalue weighted by Crippen LogP contribution is 2.34. The summed E-state index contributed by atoms with van der Waals surface area (Å²) >= 11 is 0. The molecule has 3 aromatic heterocycles. The number of amides is 1. The summed E-state index contributed by atoms with van der Waals surface area (Å²) in [6, 6.07) is 10.2. The zero-order chi connectivity index (χ0) is 24.7. The van der Waals surface area contributed by atoms with Crippen LogP contribution in [0.25, 0.3) is 22.6 Å². The number of aromatic nitrogens is 2. The average molecular weight is 495 g/mol. The topological polar surface area (TPSA) is 110 Å². The Hall–Kier alpha value is -3.50. The van der Waals surface area contributed by atoms with Crippen molar-refractivity contribution in [3.8, 4) is 11.5 Å². The fourth-order valence-electron chi connectivity index (χ4n) is 4.62. The Morgan fingerprint density at radius 1 is 1.17 bits per heavy atom. The molecule has 5 rings (SSSR count).